The lowest BCUT2D eigenvalue weighted by Crippen LogP contribution is -2.46. The van der Waals surface area contributed by atoms with Crippen molar-refractivity contribution < 1.29 is 9.31 Å². The summed E-state index contributed by atoms with van der Waals surface area (Å²) in [7, 11) is 0. The molecule has 1 saturated heterocycles. The van der Waals surface area contributed by atoms with Gasteiger partial charge in [-0.05, 0) is 12.1 Å². The smallest absolute Gasteiger partial charge is 0.327 e. The lowest BCUT2D eigenvalue weighted by molar-refractivity contribution is -0.386. The van der Waals surface area contributed by atoms with E-state index in [1.54, 1.807) is 6.07 Å². The summed E-state index contributed by atoms with van der Waals surface area (Å²) in [6.07, 6.45) is 5.92. The van der Waals surface area contributed by atoms with Crippen LogP contribution in [0.3, 0.4) is 0 Å². The molecule has 1 aromatic rings. The second kappa shape index (κ2) is 6.35. The molecular weight excluding hydrogens is 261 g/mol. The van der Waals surface area contributed by atoms with Crippen LogP contribution in [-0.4, -0.2) is 42.5 Å². The Morgan fingerprint density at radius 3 is 2.65 bits per heavy atom. The van der Waals surface area contributed by atoms with Gasteiger partial charge in [0.2, 0.25) is 5.82 Å². The van der Waals surface area contributed by atoms with Crippen LogP contribution in [-0.2, 0) is 0 Å². The van der Waals surface area contributed by atoms with Crippen LogP contribution >= 0.6 is 0 Å². The van der Waals surface area contributed by atoms with E-state index in [0.29, 0.717) is 25.2 Å². The van der Waals surface area contributed by atoms with Gasteiger partial charge in [0.05, 0.1) is 4.92 Å². The topological polar surface area (TPSA) is 49.6 Å². The van der Waals surface area contributed by atoms with E-state index in [1.807, 2.05) is 4.90 Å². The minimum atomic E-state index is -0.790. The first kappa shape index (κ1) is 14.3. The van der Waals surface area contributed by atoms with E-state index in [1.165, 1.54) is 6.07 Å². The van der Waals surface area contributed by atoms with Crippen molar-refractivity contribution in [2.75, 3.05) is 37.6 Å². The van der Waals surface area contributed by atoms with E-state index in [0.717, 1.165) is 25.7 Å². The lowest BCUT2D eigenvalue weighted by atomic mass is 10.2. The molecule has 106 valence electrons. The van der Waals surface area contributed by atoms with E-state index in [4.69, 9.17) is 6.42 Å². The molecule has 0 unspecified atom stereocenters. The summed E-state index contributed by atoms with van der Waals surface area (Å²) in [5, 5.41) is 11.0. The summed E-state index contributed by atoms with van der Waals surface area (Å²) in [6.45, 7) is 3.64. The van der Waals surface area contributed by atoms with Crippen molar-refractivity contribution in [3.63, 3.8) is 0 Å². The third-order valence-corrected chi connectivity index (χ3v) is 3.43. The number of benzene rings is 1. The van der Waals surface area contributed by atoms with E-state index >= 15 is 0 Å². The Labute approximate surface area is 117 Å². The zero-order chi connectivity index (χ0) is 14.5. The average Bonchev–Trinajstić information content (AvgIpc) is 2.45. The molecule has 2 rings (SSSR count). The molecule has 1 fully saturated rings. The van der Waals surface area contributed by atoms with Crippen LogP contribution in [0, 0.1) is 28.3 Å². The molecule has 0 bridgehead atoms. The Kier molecular flexibility index (Phi) is 4.53. The van der Waals surface area contributed by atoms with Crippen molar-refractivity contribution in [1.82, 2.24) is 4.90 Å². The number of hydrogen-bond donors (Lipinski definition) is 0. The summed E-state index contributed by atoms with van der Waals surface area (Å²) in [4.78, 5) is 14.4. The number of nitrogens with zero attached hydrogens (tertiary/aromatic N) is 3. The maximum Gasteiger partial charge on any atom is 0.327 e. The van der Waals surface area contributed by atoms with Gasteiger partial charge >= 0.3 is 5.69 Å². The first-order valence-corrected chi connectivity index (χ1v) is 6.47. The lowest BCUT2D eigenvalue weighted by Gasteiger charge is -2.35. The summed E-state index contributed by atoms with van der Waals surface area (Å²) >= 11 is 0. The Morgan fingerprint density at radius 2 is 2.05 bits per heavy atom. The van der Waals surface area contributed by atoms with Crippen LogP contribution < -0.4 is 4.90 Å². The standard InChI is InChI=1S/C14H16FN3O2/c1-2-3-7-16-8-10-17(11-9-16)13-6-4-5-12(15)14(13)18(19)20/h1,4-6H,3,7-11H2. The van der Waals surface area contributed by atoms with Crippen LogP contribution in [0.4, 0.5) is 15.8 Å². The first-order valence-electron chi connectivity index (χ1n) is 6.47. The number of halogens is 1. The van der Waals surface area contributed by atoms with Crippen LogP contribution in [0.1, 0.15) is 6.42 Å². The van der Waals surface area contributed by atoms with Gasteiger partial charge in [-0.1, -0.05) is 6.07 Å². The first-order chi connectivity index (χ1) is 9.63. The molecule has 1 heterocycles. The predicted molar refractivity (Wildman–Crippen MR) is 75.2 cm³/mol. The van der Waals surface area contributed by atoms with Crippen LogP contribution in [0.2, 0.25) is 0 Å². The molecule has 20 heavy (non-hydrogen) atoms. The van der Waals surface area contributed by atoms with Gasteiger partial charge in [-0.2, -0.15) is 4.39 Å². The number of anilines is 1. The average molecular weight is 277 g/mol. The molecule has 0 aliphatic carbocycles. The maximum atomic E-state index is 13.6. The highest BCUT2D eigenvalue weighted by Crippen LogP contribution is 2.31. The number of nitro groups is 1. The molecule has 5 nitrogen and oxygen atoms in total. The molecule has 1 aliphatic rings. The SMILES string of the molecule is C#CCCN1CCN(c2cccc(F)c2[N+](=O)[O-])CC1. The molecule has 0 radical (unpaired) electrons. The van der Waals surface area contributed by atoms with Gasteiger partial charge in [0.1, 0.15) is 5.69 Å². The van der Waals surface area contributed by atoms with Gasteiger partial charge in [-0.25, -0.2) is 0 Å². The van der Waals surface area contributed by atoms with Gasteiger partial charge in [0.25, 0.3) is 0 Å². The largest absolute Gasteiger partial charge is 0.363 e. The van der Waals surface area contributed by atoms with E-state index in [-0.39, 0.29) is 0 Å². The summed E-state index contributed by atoms with van der Waals surface area (Å²) < 4.78 is 13.6. The minimum Gasteiger partial charge on any atom is -0.363 e. The third-order valence-electron chi connectivity index (χ3n) is 3.43. The summed E-state index contributed by atoms with van der Waals surface area (Å²) in [5.41, 5.74) is -0.0869. The maximum absolute atomic E-state index is 13.6. The van der Waals surface area contributed by atoms with E-state index in [9.17, 15) is 14.5 Å². The summed E-state index contributed by atoms with van der Waals surface area (Å²) in [5.74, 6) is 1.81. The fraction of sp³-hybridized carbons (Fsp3) is 0.429. The molecule has 6 heteroatoms. The minimum absolute atomic E-state index is 0.353. The zero-order valence-corrected chi connectivity index (χ0v) is 11.1. The van der Waals surface area contributed by atoms with Crippen molar-refractivity contribution in [1.29, 1.82) is 0 Å². The molecular formula is C14H16FN3O2. The molecule has 1 aliphatic heterocycles. The molecule has 0 atom stereocenters. The monoisotopic (exact) mass is 277 g/mol. The Bertz CT molecular complexity index is 534. The fourth-order valence-electron chi connectivity index (χ4n) is 2.37. The number of piperazine rings is 1. The van der Waals surface area contributed by atoms with Crippen LogP contribution in [0.5, 0.6) is 0 Å². The third kappa shape index (κ3) is 3.06. The second-order valence-corrected chi connectivity index (χ2v) is 4.65. The molecule has 0 aromatic heterocycles. The fourth-order valence-corrected chi connectivity index (χ4v) is 2.37. The van der Waals surface area contributed by atoms with Crippen molar-refractivity contribution in [2.45, 2.75) is 6.42 Å². The highest BCUT2D eigenvalue weighted by atomic mass is 19.1. The van der Waals surface area contributed by atoms with Gasteiger partial charge in [0.15, 0.2) is 0 Å². The van der Waals surface area contributed by atoms with E-state index < -0.39 is 16.4 Å². The normalized spacial score (nSPS) is 15.9. The highest BCUT2D eigenvalue weighted by Gasteiger charge is 2.26. The predicted octanol–water partition coefficient (Wildman–Crippen LogP) is 1.88. The van der Waals surface area contributed by atoms with Crippen molar-refractivity contribution >= 4 is 11.4 Å². The number of rotatable bonds is 4. The van der Waals surface area contributed by atoms with Crippen molar-refractivity contribution in [3.05, 3.63) is 34.1 Å². The molecule has 0 amide bonds. The van der Waals surface area contributed by atoms with Crippen molar-refractivity contribution in [2.24, 2.45) is 0 Å². The number of para-hydroxylation sites is 1. The molecule has 0 saturated carbocycles. The quantitative estimate of drug-likeness (QED) is 0.479. The van der Waals surface area contributed by atoms with Gasteiger partial charge in [-0.3, -0.25) is 15.0 Å². The van der Waals surface area contributed by atoms with Crippen molar-refractivity contribution in [3.8, 4) is 12.3 Å². The highest BCUT2D eigenvalue weighted by molar-refractivity contribution is 5.64. The molecule has 1 aromatic carbocycles. The van der Waals surface area contributed by atoms with Gasteiger partial charge in [0, 0.05) is 39.1 Å². The number of hydrogen-bond acceptors (Lipinski definition) is 4. The Morgan fingerprint density at radius 1 is 1.35 bits per heavy atom. The zero-order valence-electron chi connectivity index (χ0n) is 11.1. The Balaban J connectivity index is 2.10. The molecule has 0 N–H and O–H groups in total. The van der Waals surface area contributed by atoms with Gasteiger partial charge in [-0.15, -0.1) is 12.3 Å². The van der Waals surface area contributed by atoms with Crippen LogP contribution in [0.15, 0.2) is 18.2 Å². The number of nitro benzene ring substituents is 1. The van der Waals surface area contributed by atoms with Gasteiger partial charge < -0.3 is 4.90 Å². The van der Waals surface area contributed by atoms with Crippen LogP contribution in [0.25, 0.3) is 0 Å². The molecule has 0 spiro atoms. The second-order valence-electron chi connectivity index (χ2n) is 4.65. The summed E-state index contributed by atoms with van der Waals surface area (Å²) in [6, 6.07) is 4.21. The number of terminal acetylenes is 1. The Hall–Kier alpha value is -2.13. The van der Waals surface area contributed by atoms with E-state index in [2.05, 4.69) is 10.8 Å².